The molecule has 10 nitrogen and oxygen atoms in total. The fourth-order valence-electron chi connectivity index (χ4n) is 4.55. The average molecular weight is 607 g/mol. The van der Waals surface area contributed by atoms with Gasteiger partial charge in [0.1, 0.15) is 12.6 Å². The Kier molecular flexibility index (Phi) is 10.6. The Labute approximate surface area is 255 Å². The van der Waals surface area contributed by atoms with Crippen molar-refractivity contribution in [3.63, 3.8) is 0 Å². The maximum Gasteiger partial charge on any atom is 0.303 e. The van der Waals surface area contributed by atoms with Crippen molar-refractivity contribution in [3.8, 4) is 11.6 Å². The highest BCUT2D eigenvalue weighted by Crippen LogP contribution is 2.30. The van der Waals surface area contributed by atoms with Crippen LogP contribution in [0.2, 0.25) is 0 Å². The quantitative estimate of drug-likeness (QED) is 0.306. The van der Waals surface area contributed by atoms with Gasteiger partial charge in [0.2, 0.25) is 11.8 Å². The number of ether oxygens (including phenoxy) is 1. The number of carboxylic acids is 1. The number of Topliss-reactive ketones (excluding diaryl/α,β-unsaturated/α-hetero) is 1. The third-order valence-corrected chi connectivity index (χ3v) is 8.50. The third-order valence-electron chi connectivity index (χ3n) is 7.15. The number of ketones is 1. The molecule has 2 amide bonds. The van der Waals surface area contributed by atoms with Gasteiger partial charge in [0.25, 0.3) is 5.91 Å². The average Bonchev–Trinajstić information content (AvgIpc) is 3.43. The molecular formula is C32H38N4O6S. The molecule has 4 rings (SSSR count). The number of benzene rings is 2. The van der Waals surface area contributed by atoms with Crippen LogP contribution in [0, 0.1) is 5.41 Å². The molecule has 1 fully saturated rings. The Balaban J connectivity index is 1.47. The Morgan fingerprint density at radius 2 is 1.65 bits per heavy atom. The number of hydrogen-bond donors (Lipinski definition) is 2. The van der Waals surface area contributed by atoms with Crippen LogP contribution < -0.4 is 10.1 Å². The lowest BCUT2D eigenvalue weighted by atomic mass is 9.91. The summed E-state index contributed by atoms with van der Waals surface area (Å²) >= 11 is 1.79. The van der Waals surface area contributed by atoms with Crippen LogP contribution in [0.25, 0.3) is 5.69 Å². The van der Waals surface area contributed by atoms with Gasteiger partial charge in [0, 0.05) is 41.1 Å². The van der Waals surface area contributed by atoms with E-state index in [2.05, 4.69) is 22.5 Å². The second-order valence-corrected chi connectivity index (χ2v) is 12.9. The second-order valence-electron chi connectivity index (χ2n) is 11.5. The Morgan fingerprint density at radius 3 is 2.26 bits per heavy atom. The molecule has 1 saturated heterocycles. The minimum atomic E-state index is -1.06. The summed E-state index contributed by atoms with van der Waals surface area (Å²) in [6.45, 7) is 6.22. The minimum absolute atomic E-state index is 0.0202. The van der Waals surface area contributed by atoms with Crippen molar-refractivity contribution in [1.29, 1.82) is 0 Å². The van der Waals surface area contributed by atoms with Crippen LogP contribution >= 0.6 is 11.8 Å². The van der Waals surface area contributed by atoms with Gasteiger partial charge < -0.3 is 20.1 Å². The molecule has 0 saturated carbocycles. The third kappa shape index (κ3) is 8.93. The topological polar surface area (TPSA) is 131 Å². The highest BCUT2D eigenvalue weighted by molar-refractivity contribution is 8.00. The van der Waals surface area contributed by atoms with Crippen molar-refractivity contribution >= 4 is 35.3 Å². The summed E-state index contributed by atoms with van der Waals surface area (Å²) in [5.41, 5.74) is -0.00723. The molecule has 11 heteroatoms. The number of nitrogens with one attached hydrogen (secondary N) is 1. The van der Waals surface area contributed by atoms with Crippen molar-refractivity contribution in [2.75, 3.05) is 19.7 Å². The lowest BCUT2D eigenvalue weighted by molar-refractivity contribution is -0.138. The van der Waals surface area contributed by atoms with Gasteiger partial charge in [-0.1, -0.05) is 57.2 Å². The summed E-state index contributed by atoms with van der Waals surface area (Å²) in [7, 11) is 0. The number of rotatable bonds is 12. The number of aliphatic carboxylic acids is 1. The fraction of sp³-hybridized carbons (Fsp3) is 0.406. The van der Waals surface area contributed by atoms with Crippen LogP contribution in [-0.4, -0.2) is 74.3 Å². The van der Waals surface area contributed by atoms with Crippen LogP contribution in [0.15, 0.2) is 71.6 Å². The molecule has 1 unspecified atom stereocenters. The predicted octanol–water partition coefficient (Wildman–Crippen LogP) is 4.61. The van der Waals surface area contributed by atoms with Gasteiger partial charge in [-0.3, -0.25) is 19.2 Å². The highest BCUT2D eigenvalue weighted by Gasteiger charge is 2.31. The SMILES string of the molecule is CC(C)(C)C(=O)COc1cc(C(=O)NC(CCC(=O)O)C(=O)N2CCC(Sc3ccccc3)CC2)nn1-c1ccccc1. The van der Waals surface area contributed by atoms with E-state index in [1.807, 2.05) is 36.4 Å². The maximum absolute atomic E-state index is 13.5. The smallest absolute Gasteiger partial charge is 0.303 e. The number of piperidine rings is 1. The number of likely N-dealkylation sites (tertiary alicyclic amines) is 1. The molecule has 0 spiro atoms. The van der Waals surface area contributed by atoms with E-state index < -0.39 is 23.3 Å². The van der Waals surface area contributed by atoms with E-state index in [4.69, 9.17) is 4.74 Å². The van der Waals surface area contributed by atoms with Crippen molar-refractivity contribution in [2.45, 2.75) is 62.6 Å². The normalized spacial score (nSPS) is 14.6. The molecule has 0 aliphatic carbocycles. The first-order valence-corrected chi connectivity index (χ1v) is 15.2. The predicted molar refractivity (Wildman–Crippen MR) is 164 cm³/mol. The Hall–Kier alpha value is -4.12. The molecule has 43 heavy (non-hydrogen) atoms. The van der Waals surface area contributed by atoms with E-state index in [9.17, 15) is 24.3 Å². The molecule has 2 heterocycles. The number of nitrogens with zero attached hydrogens (tertiary/aromatic N) is 3. The van der Waals surface area contributed by atoms with Crippen LogP contribution in [-0.2, 0) is 14.4 Å². The monoisotopic (exact) mass is 606 g/mol. The molecule has 1 aliphatic heterocycles. The van der Waals surface area contributed by atoms with Crippen LogP contribution in [0.3, 0.4) is 0 Å². The van der Waals surface area contributed by atoms with Gasteiger partial charge in [-0.05, 0) is 43.5 Å². The molecule has 0 bridgehead atoms. The molecule has 0 radical (unpaired) electrons. The first-order chi connectivity index (χ1) is 20.5. The maximum atomic E-state index is 13.5. The lowest BCUT2D eigenvalue weighted by Crippen LogP contribution is -2.51. The minimum Gasteiger partial charge on any atom is -0.481 e. The Bertz CT molecular complexity index is 1410. The second kappa shape index (κ2) is 14.4. The largest absolute Gasteiger partial charge is 0.481 e. The van der Waals surface area contributed by atoms with Gasteiger partial charge in [-0.25, -0.2) is 4.68 Å². The summed E-state index contributed by atoms with van der Waals surface area (Å²) in [5.74, 6) is -1.94. The van der Waals surface area contributed by atoms with E-state index in [-0.39, 0.29) is 42.7 Å². The summed E-state index contributed by atoms with van der Waals surface area (Å²) in [4.78, 5) is 53.7. The van der Waals surface area contributed by atoms with Crippen molar-refractivity contribution in [1.82, 2.24) is 20.0 Å². The summed E-state index contributed by atoms with van der Waals surface area (Å²) < 4.78 is 7.23. The van der Waals surface area contributed by atoms with Gasteiger partial charge >= 0.3 is 5.97 Å². The van der Waals surface area contributed by atoms with Crippen molar-refractivity contribution < 1.29 is 29.0 Å². The van der Waals surface area contributed by atoms with E-state index >= 15 is 0 Å². The number of carboxylic acid groups (broad SMARTS) is 1. The summed E-state index contributed by atoms with van der Waals surface area (Å²) in [5, 5.41) is 16.8. The number of hydrogen-bond acceptors (Lipinski definition) is 7. The van der Waals surface area contributed by atoms with Crippen LogP contribution in [0.1, 0.15) is 56.9 Å². The number of amides is 2. The Morgan fingerprint density at radius 1 is 1.02 bits per heavy atom. The van der Waals surface area contributed by atoms with Gasteiger partial charge in [0.15, 0.2) is 11.5 Å². The van der Waals surface area contributed by atoms with E-state index in [1.54, 1.807) is 49.6 Å². The zero-order valence-corrected chi connectivity index (χ0v) is 25.5. The molecule has 2 aromatic carbocycles. The van der Waals surface area contributed by atoms with E-state index in [0.29, 0.717) is 24.0 Å². The number of carbonyl (C=O) groups excluding carboxylic acids is 3. The van der Waals surface area contributed by atoms with Gasteiger partial charge in [0.05, 0.1) is 5.69 Å². The summed E-state index contributed by atoms with van der Waals surface area (Å²) in [6, 6.07) is 19.5. The first-order valence-electron chi connectivity index (χ1n) is 14.4. The molecule has 3 aromatic rings. The molecule has 1 atom stereocenters. The number of aromatic nitrogens is 2. The zero-order chi connectivity index (χ0) is 31.0. The molecular weight excluding hydrogens is 568 g/mol. The van der Waals surface area contributed by atoms with E-state index in [1.165, 1.54) is 15.6 Å². The lowest BCUT2D eigenvalue weighted by Gasteiger charge is -2.34. The first kappa shape index (κ1) is 31.8. The number of thioether (sulfide) groups is 1. The molecule has 1 aromatic heterocycles. The standard InChI is InChI=1S/C32H38N4O6S/c1-32(2,3)27(37)21-42-28-20-26(34-36(28)22-10-6-4-7-11-22)30(40)33-25(14-15-29(38)39)31(41)35-18-16-24(17-19-35)43-23-12-8-5-9-13-23/h4-13,20,24-25H,14-19,21H2,1-3H3,(H,33,40)(H,38,39). The number of carbonyl (C=O) groups is 4. The van der Waals surface area contributed by atoms with Crippen molar-refractivity contribution in [2.24, 2.45) is 5.41 Å². The van der Waals surface area contributed by atoms with Gasteiger partial charge in [-0.2, -0.15) is 5.10 Å². The molecule has 2 N–H and O–H groups in total. The van der Waals surface area contributed by atoms with Crippen molar-refractivity contribution in [3.05, 3.63) is 72.4 Å². The van der Waals surface area contributed by atoms with E-state index in [0.717, 1.165) is 12.8 Å². The highest BCUT2D eigenvalue weighted by atomic mass is 32.2. The molecule has 1 aliphatic rings. The van der Waals surface area contributed by atoms with Gasteiger partial charge in [-0.15, -0.1) is 11.8 Å². The fourth-order valence-corrected chi connectivity index (χ4v) is 5.70. The summed E-state index contributed by atoms with van der Waals surface area (Å²) in [6.07, 6.45) is 1.25. The zero-order valence-electron chi connectivity index (χ0n) is 24.7. The van der Waals surface area contributed by atoms with Crippen LogP contribution in [0.5, 0.6) is 5.88 Å². The molecule has 228 valence electrons. The van der Waals surface area contributed by atoms with Crippen LogP contribution in [0.4, 0.5) is 0 Å². The number of para-hydroxylation sites is 1.